The molecular weight excluding hydrogens is 278 g/mol. The van der Waals surface area contributed by atoms with Gasteiger partial charge in [0.25, 0.3) is 5.91 Å². The molecule has 0 fully saturated rings. The van der Waals surface area contributed by atoms with Gasteiger partial charge in [-0.05, 0) is 25.1 Å². The zero-order chi connectivity index (χ0) is 14.3. The maximum absolute atomic E-state index is 12.2. The highest BCUT2D eigenvalue weighted by Crippen LogP contribution is 2.28. The minimum atomic E-state index is -0.325. The SMILES string of the molecule is Cc1c(C(=O)Nc2ccn(C)n2)oc2ccc(Cl)cc12. The Morgan fingerprint density at radius 2 is 2.20 bits per heavy atom. The molecule has 6 heteroatoms. The molecule has 0 saturated heterocycles. The van der Waals surface area contributed by atoms with E-state index in [0.29, 0.717) is 16.4 Å². The second kappa shape index (κ2) is 4.68. The Balaban J connectivity index is 1.97. The van der Waals surface area contributed by atoms with Gasteiger partial charge in [-0.25, -0.2) is 0 Å². The lowest BCUT2D eigenvalue weighted by atomic mass is 10.1. The van der Waals surface area contributed by atoms with E-state index in [9.17, 15) is 4.79 Å². The van der Waals surface area contributed by atoms with Crippen LogP contribution in [0.3, 0.4) is 0 Å². The van der Waals surface area contributed by atoms with E-state index in [2.05, 4.69) is 10.4 Å². The number of halogens is 1. The molecule has 0 spiro atoms. The lowest BCUT2D eigenvalue weighted by Gasteiger charge is -1.99. The predicted molar refractivity (Wildman–Crippen MR) is 77.1 cm³/mol. The molecule has 1 N–H and O–H groups in total. The van der Waals surface area contributed by atoms with Gasteiger partial charge >= 0.3 is 0 Å². The molecule has 0 aliphatic rings. The van der Waals surface area contributed by atoms with Crippen LogP contribution >= 0.6 is 11.6 Å². The first-order valence-corrected chi connectivity index (χ1v) is 6.42. The van der Waals surface area contributed by atoms with Crippen LogP contribution in [0.4, 0.5) is 5.82 Å². The molecule has 3 aromatic rings. The van der Waals surface area contributed by atoms with Crippen LogP contribution in [0.15, 0.2) is 34.9 Å². The van der Waals surface area contributed by atoms with E-state index in [1.807, 2.05) is 6.92 Å². The summed E-state index contributed by atoms with van der Waals surface area (Å²) in [5, 5.41) is 8.24. The molecule has 0 atom stereocenters. The van der Waals surface area contributed by atoms with Gasteiger partial charge in [-0.2, -0.15) is 5.10 Å². The number of fused-ring (bicyclic) bond motifs is 1. The summed E-state index contributed by atoms with van der Waals surface area (Å²) in [4.78, 5) is 12.2. The van der Waals surface area contributed by atoms with Crippen LogP contribution < -0.4 is 5.32 Å². The standard InChI is InChI=1S/C14H12ClN3O2/c1-8-10-7-9(15)3-4-11(10)20-13(8)14(19)16-12-5-6-18(2)17-12/h3-7H,1-2H3,(H,16,17,19). The number of hydrogen-bond donors (Lipinski definition) is 1. The summed E-state index contributed by atoms with van der Waals surface area (Å²) in [7, 11) is 1.78. The van der Waals surface area contributed by atoms with Gasteiger partial charge in [0.15, 0.2) is 11.6 Å². The van der Waals surface area contributed by atoms with E-state index in [0.717, 1.165) is 10.9 Å². The van der Waals surface area contributed by atoms with Gasteiger partial charge in [0, 0.05) is 35.3 Å². The Hall–Kier alpha value is -2.27. The third kappa shape index (κ3) is 2.16. The van der Waals surface area contributed by atoms with E-state index in [-0.39, 0.29) is 11.7 Å². The summed E-state index contributed by atoms with van der Waals surface area (Å²) in [6, 6.07) is 6.98. The topological polar surface area (TPSA) is 60.1 Å². The Kier molecular flexibility index (Phi) is 2.99. The van der Waals surface area contributed by atoms with Gasteiger partial charge in [0.2, 0.25) is 0 Å². The van der Waals surface area contributed by atoms with Crippen molar-refractivity contribution in [3.8, 4) is 0 Å². The highest BCUT2D eigenvalue weighted by atomic mass is 35.5. The largest absolute Gasteiger partial charge is 0.451 e. The van der Waals surface area contributed by atoms with Crippen molar-refractivity contribution < 1.29 is 9.21 Å². The number of rotatable bonds is 2. The number of aryl methyl sites for hydroxylation is 2. The molecule has 5 nitrogen and oxygen atoms in total. The quantitative estimate of drug-likeness (QED) is 0.787. The maximum Gasteiger partial charge on any atom is 0.292 e. The number of furan rings is 1. The number of carbonyl (C=O) groups excluding carboxylic acids is 1. The molecule has 0 aliphatic carbocycles. The first-order valence-electron chi connectivity index (χ1n) is 6.04. The highest BCUT2D eigenvalue weighted by Gasteiger charge is 2.18. The molecule has 3 rings (SSSR count). The highest BCUT2D eigenvalue weighted by molar-refractivity contribution is 6.31. The van der Waals surface area contributed by atoms with Crippen molar-refractivity contribution in [2.75, 3.05) is 5.32 Å². The third-order valence-corrected chi connectivity index (χ3v) is 3.29. The Bertz CT molecular complexity index is 804. The number of nitrogens with zero attached hydrogens (tertiary/aromatic N) is 2. The molecule has 1 aromatic carbocycles. The molecule has 0 saturated carbocycles. The fourth-order valence-corrected chi connectivity index (χ4v) is 2.24. The van der Waals surface area contributed by atoms with Crippen molar-refractivity contribution in [2.45, 2.75) is 6.92 Å². The lowest BCUT2D eigenvalue weighted by Crippen LogP contribution is -2.12. The van der Waals surface area contributed by atoms with Gasteiger partial charge in [0.1, 0.15) is 5.58 Å². The molecular formula is C14H12ClN3O2. The number of carbonyl (C=O) groups is 1. The van der Waals surface area contributed by atoms with Crippen LogP contribution in [0.1, 0.15) is 16.1 Å². The number of benzene rings is 1. The van der Waals surface area contributed by atoms with Crippen molar-refractivity contribution in [2.24, 2.45) is 7.05 Å². The van der Waals surface area contributed by atoms with Crippen molar-refractivity contribution in [1.29, 1.82) is 0 Å². The summed E-state index contributed by atoms with van der Waals surface area (Å²) < 4.78 is 7.20. The molecule has 102 valence electrons. The molecule has 2 heterocycles. The molecule has 20 heavy (non-hydrogen) atoms. The maximum atomic E-state index is 12.2. The monoisotopic (exact) mass is 289 g/mol. The van der Waals surface area contributed by atoms with Crippen LogP contribution in [-0.2, 0) is 7.05 Å². The first-order chi connectivity index (χ1) is 9.54. The number of anilines is 1. The molecule has 0 unspecified atom stereocenters. The summed E-state index contributed by atoms with van der Waals surface area (Å²) in [5.74, 6) is 0.428. The van der Waals surface area contributed by atoms with E-state index < -0.39 is 0 Å². The van der Waals surface area contributed by atoms with E-state index in [1.54, 1.807) is 42.2 Å². The van der Waals surface area contributed by atoms with E-state index >= 15 is 0 Å². The lowest BCUT2D eigenvalue weighted by molar-refractivity contribution is 0.0997. The van der Waals surface area contributed by atoms with Crippen LogP contribution in [0.2, 0.25) is 5.02 Å². The normalized spacial score (nSPS) is 10.9. The zero-order valence-corrected chi connectivity index (χ0v) is 11.7. The minimum Gasteiger partial charge on any atom is -0.451 e. The van der Waals surface area contributed by atoms with E-state index in [1.165, 1.54) is 0 Å². The van der Waals surface area contributed by atoms with E-state index in [4.69, 9.17) is 16.0 Å². The summed E-state index contributed by atoms with van der Waals surface area (Å²) in [6.45, 7) is 1.83. The zero-order valence-electron chi connectivity index (χ0n) is 11.0. The average Bonchev–Trinajstić information content (AvgIpc) is 2.94. The van der Waals surface area contributed by atoms with Crippen molar-refractivity contribution in [3.05, 3.63) is 46.8 Å². The van der Waals surface area contributed by atoms with Crippen LogP contribution in [-0.4, -0.2) is 15.7 Å². The molecule has 0 aliphatic heterocycles. The second-order valence-electron chi connectivity index (χ2n) is 4.53. The third-order valence-electron chi connectivity index (χ3n) is 3.06. The Labute approximate surface area is 120 Å². The Morgan fingerprint density at radius 1 is 1.40 bits per heavy atom. The molecule has 0 bridgehead atoms. The Morgan fingerprint density at radius 3 is 2.90 bits per heavy atom. The molecule has 1 amide bonds. The smallest absolute Gasteiger partial charge is 0.292 e. The van der Waals surface area contributed by atoms with Crippen LogP contribution in [0.5, 0.6) is 0 Å². The predicted octanol–water partition coefficient (Wildman–Crippen LogP) is 3.38. The van der Waals surface area contributed by atoms with Crippen LogP contribution in [0.25, 0.3) is 11.0 Å². The fourth-order valence-electron chi connectivity index (χ4n) is 2.06. The van der Waals surface area contributed by atoms with Crippen LogP contribution in [0, 0.1) is 6.92 Å². The molecule has 2 aromatic heterocycles. The first kappa shape index (κ1) is 12.7. The summed E-state index contributed by atoms with van der Waals surface area (Å²) in [5.41, 5.74) is 1.40. The van der Waals surface area contributed by atoms with Crippen molar-refractivity contribution in [1.82, 2.24) is 9.78 Å². The van der Waals surface area contributed by atoms with Crippen molar-refractivity contribution >= 4 is 34.3 Å². The van der Waals surface area contributed by atoms with Gasteiger partial charge in [0.05, 0.1) is 0 Å². The number of amides is 1. The average molecular weight is 290 g/mol. The minimum absolute atomic E-state index is 0.271. The van der Waals surface area contributed by atoms with Gasteiger partial charge in [-0.3, -0.25) is 9.48 Å². The summed E-state index contributed by atoms with van der Waals surface area (Å²) >= 11 is 5.96. The van der Waals surface area contributed by atoms with Gasteiger partial charge in [-0.1, -0.05) is 11.6 Å². The van der Waals surface area contributed by atoms with Crippen molar-refractivity contribution in [3.63, 3.8) is 0 Å². The molecule has 0 radical (unpaired) electrons. The van der Waals surface area contributed by atoms with Gasteiger partial charge in [-0.15, -0.1) is 0 Å². The second-order valence-corrected chi connectivity index (χ2v) is 4.96. The summed E-state index contributed by atoms with van der Waals surface area (Å²) in [6.07, 6.45) is 1.75. The fraction of sp³-hybridized carbons (Fsp3) is 0.143. The van der Waals surface area contributed by atoms with Gasteiger partial charge < -0.3 is 9.73 Å². The number of hydrogen-bond acceptors (Lipinski definition) is 3. The number of aromatic nitrogens is 2. The number of nitrogens with one attached hydrogen (secondary N) is 1.